The number of carbonyl (C=O) groups is 1. The van der Waals surface area contributed by atoms with E-state index in [1.807, 2.05) is 13.0 Å². The van der Waals surface area contributed by atoms with Gasteiger partial charge in [0.15, 0.2) is 10.6 Å². The quantitative estimate of drug-likeness (QED) is 0.240. The minimum Gasteiger partial charge on any atom is -0.362 e. The summed E-state index contributed by atoms with van der Waals surface area (Å²) in [5.74, 6) is -0.870. The van der Waals surface area contributed by atoms with Crippen LogP contribution in [0.5, 0.6) is 0 Å². The zero-order valence-corrected chi connectivity index (χ0v) is 20.8. The van der Waals surface area contributed by atoms with Gasteiger partial charge in [-0.15, -0.1) is 0 Å². The van der Waals surface area contributed by atoms with E-state index in [1.54, 1.807) is 17.0 Å². The monoisotopic (exact) mass is 546 g/mol. The minimum atomic E-state index is -4.70. The van der Waals surface area contributed by atoms with Crippen LogP contribution in [0.1, 0.15) is 48.4 Å². The van der Waals surface area contributed by atoms with Crippen molar-refractivity contribution in [2.45, 2.75) is 49.3 Å². The van der Waals surface area contributed by atoms with E-state index in [4.69, 9.17) is 27.9 Å². The molecule has 3 aliphatic heterocycles. The fourth-order valence-electron chi connectivity index (χ4n) is 4.86. The summed E-state index contributed by atoms with van der Waals surface area (Å²) in [6.07, 6.45) is -3.88. The number of ether oxygens (including phenoxy) is 1. The summed E-state index contributed by atoms with van der Waals surface area (Å²) < 4.78 is 64.7. The highest BCUT2D eigenvalue weighted by Gasteiger charge is 2.60. The molecule has 3 aliphatic rings. The van der Waals surface area contributed by atoms with Crippen molar-refractivity contribution in [3.05, 3.63) is 68.4 Å². The molecule has 1 fully saturated rings. The molecule has 0 N–H and O–H groups in total. The number of halogens is 6. The smallest absolute Gasteiger partial charge is 0.362 e. The normalized spacial score (nSPS) is 22.8. The van der Waals surface area contributed by atoms with Gasteiger partial charge in [0, 0.05) is 12.8 Å². The van der Waals surface area contributed by atoms with Crippen LogP contribution in [0.3, 0.4) is 0 Å². The van der Waals surface area contributed by atoms with Gasteiger partial charge in [0.25, 0.3) is 0 Å². The molecule has 0 radical (unpaired) electrons. The number of benzene rings is 2. The van der Waals surface area contributed by atoms with Gasteiger partial charge in [-0.3, -0.25) is 4.79 Å². The van der Waals surface area contributed by atoms with Crippen LogP contribution < -0.4 is 0 Å². The highest BCUT2D eigenvalue weighted by atomic mass is 35.5. The molecular weight excluding hydrogens is 527 g/mol. The first-order valence-corrected chi connectivity index (χ1v) is 12.5. The van der Waals surface area contributed by atoms with E-state index in [0.29, 0.717) is 43.6 Å². The number of amides is 1. The lowest BCUT2D eigenvalue weighted by atomic mass is 9.83. The molecule has 1 saturated heterocycles. The van der Waals surface area contributed by atoms with Gasteiger partial charge in [0.2, 0.25) is 5.91 Å². The number of fused-ring (bicyclic) bond motifs is 2. The summed E-state index contributed by atoms with van der Waals surface area (Å²) >= 11 is 12.0. The van der Waals surface area contributed by atoms with Crippen LogP contribution in [0.15, 0.2) is 34.7 Å². The molecule has 0 bridgehead atoms. The molecule has 0 saturated carbocycles. The molecule has 2 aromatic rings. The Morgan fingerprint density at radius 3 is 2.51 bits per heavy atom. The standard InChI is InChI=1S/C24H20Cl2F4N2O2S/c1-2-3-20(33)32-11-22(12-32)16-5-4-13(6-14(16)10-34-22)19-9-23(35-31-19,24(28,29)30)15-7-17(25)21(27)18(26)8-15/h4-8H,2-3,9-12H2,1H3/t23-/m0/s1. The van der Waals surface area contributed by atoms with E-state index in [-0.39, 0.29) is 17.2 Å². The number of nitrogens with zero attached hydrogens (tertiary/aromatic N) is 2. The van der Waals surface area contributed by atoms with E-state index >= 15 is 0 Å². The third-order valence-electron chi connectivity index (χ3n) is 6.78. The maximum atomic E-state index is 14.4. The molecule has 3 heterocycles. The van der Waals surface area contributed by atoms with Gasteiger partial charge in [0.05, 0.1) is 35.5 Å². The summed E-state index contributed by atoms with van der Waals surface area (Å²) in [4.78, 5) is 13.9. The summed E-state index contributed by atoms with van der Waals surface area (Å²) in [5.41, 5.74) is 1.84. The number of likely N-dealkylation sites (tertiary alicyclic amines) is 1. The van der Waals surface area contributed by atoms with E-state index in [1.165, 1.54) is 0 Å². The predicted octanol–water partition coefficient (Wildman–Crippen LogP) is 6.80. The summed E-state index contributed by atoms with van der Waals surface area (Å²) in [6, 6.07) is 7.32. The summed E-state index contributed by atoms with van der Waals surface area (Å²) in [7, 11) is 0. The van der Waals surface area contributed by atoms with Crippen molar-refractivity contribution >= 4 is 46.8 Å². The number of hydrogen-bond donors (Lipinski definition) is 0. The topological polar surface area (TPSA) is 41.9 Å². The van der Waals surface area contributed by atoms with E-state index in [0.717, 1.165) is 29.7 Å². The number of alkyl halides is 3. The Morgan fingerprint density at radius 2 is 1.89 bits per heavy atom. The van der Waals surface area contributed by atoms with Crippen molar-refractivity contribution in [1.29, 1.82) is 0 Å². The molecule has 186 valence electrons. The van der Waals surface area contributed by atoms with Crippen molar-refractivity contribution in [2.24, 2.45) is 4.40 Å². The van der Waals surface area contributed by atoms with Gasteiger partial charge in [-0.25, -0.2) is 8.79 Å². The highest BCUT2D eigenvalue weighted by Crippen LogP contribution is 2.57. The summed E-state index contributed by atoms with van der Waals surface area (Å²) in [5, 5.41) is -0.950. The molecule has 2 aromatic carbocycles. The fraction of sp³-hybridized carbons (Fsp3) is 0.417. The Morgan fingerprint density at radius 1 is 1.20 bits per heavy atom. The Kier molecular flexibility index (Phi) is 6.14. The van der Waals surface area contributed by atoms with E-state index in [2.05, 4.69) is 4.40 Å². The van der Waals surface area contributed by atoms with Crippen LogP contribution in [-0.4, -0.2) is 35.8 Å². The zero-order chi connectivity index (χ0) is 25.2. The number of hydrogen-bond acceptors (Lipinski definition) is 4. The van der Waals surface area contributed by atoms with Crippen LogP contribution in [0.2, 0.25) is 10.0 Å². The van der Waals surface area contributed by atoms with Crippen LogP contribution in [-0.2, 0) is 26.5 Å². The molecule has 1 atom stereocenters. The molecule has 0 unspecified atom stereocenters. The summed E-state index contributed by atoms with van der Waals surface area (Å²) in [6.45, 7) is 3.20. The average Bonchev–Trinajstić information content (AvgIpc) is 3.39. The predicted molar refractivity (Wildman–Crippen MR) is 127 cm³/mol. The SMILES string of the molecule is CCCC(=O)N1CC2(C1)OCc1cc(C3=NS[C@@](c4cc(Cl)c(F)c(Cl)c4)(C(F)(F)F)C3)ccc12. The lowest BCUT2D eigenvalue weighted by Crippen LogP contribution is -2.61. The largest absolute Gasteiger partial charge is 0.409 e. The Balaban J connectivity index is 1.40. The van der Waals surface area contributed by atoms with Gasteiger partial charge in [-0.2, -0.15) is 13.2 Å². The Hall–Kier alpha value is -1.81. The van der Waals surface area contributed by atoms with Gasteiger partial charge in [-0.1, -0.05) is 42.3 Å². The third-order valence-corrected chi connectivity index (χ3v) is 8.56. The lowest BCUT2D eigenvalue weighted by Gasteiger charge is -2.47. The fourth-order valence-corrected chi connectivity index (χ4v) is 6.31. The molecule has 35 heavy (non-hydrogen) atoms. The molecule has 4 nitrogen and oxygen atoms in total. The first-order chi connectivity index (χ1) is 16.5. The van der Waals surface area contributed by atoms with Gasteiger partial charge in [0.1, 0.15) is 5.60 Å². The van der Waals surface area contributed by atoms with Crippen molar-refractivity contribution in [1.82, 2.24) is 4.90 Å². The van der Waals surface area contributed by atoms with E-state index in [9.17, 15) is 22.4 Å². The highest BCUT2D eigenvalue weighted by molar-refractivity contribution is 7.99. The van der Waals surface area contributed by atoms with Crippen LogP contribution in [0, 0.1) is 5.82 Å². The van der Waals surface area contributed by atoms with Gasteiger partial charge < -0.3 is 9.64 Å². The van der Waals surface area contributed by atoms with Crippen molar-refractivity contribution in [2.75, 3.05) is 13.1 Å². The van der Waals surface area contributed by atoms with E-state index < -0.39 is 38.8 Å². The van der Waals surface area contributed by atoms with Crippen molar-refractivity contribution < 1.29 is 27.1 Å². The minimum absolute atomic E-state index is 0.0913. The van der Waals surface area contributed by atoms with Crippen LogP contribution >= 0.6 is 35.1 Å². The molecule has 5 rings (SSSR count). The second-order valence-corrected chi connectivity index (χ2v) is 10.9. The number of carbonyl (C=O) groups excluding carboxylic acids is 1. The van der Waals surface area contributed by atoms with Crippen LogP contribution in [0.25, 0.3) is 0 Å². The first kappa shape index (κ1) is 24.9. The Labute approximate surface area is 213 Å². The third kappa shape index (κ3) is 3.95. The van der Waals surface area contributed by atoms with Crippen LogP contribution in [0.4, 0.5) is 17.6 Å². The number of rotatable bonds is 4. The maximum absolute atomic E-state index is 14.4. The molecule has 0 aromatic heterocycles. The second kappa shape index (κ2) is 8.64. The average molecular weight is 547 g/mol. The van der Waals surface area contributed by atoms with Gasteiger partial charge in [-0.05, 0) is 58.8 Å². The molecule has 11 heteroatoms. The molecular formula is C24H20Cl2F4N2O2S. The van der Waals surface area contributed by atoms with Crippen molar-refractivity contribution in [3.8, 4) is 0 Å². The molecule has 0 aliphatic carbocycles. The van der Waals surface area contributed by atoms with Gasteiger partial charge >= 0.3 is 6.18 Å². The van der Waals surface area contributed by atoms with Crippen molar-refractivity contribution in [3.63, 3.8) is 0 Å². The lowest BCUT2D eigenvalue weighted by molar-refractivity contribution is -0.168. The Bertz CT molecular complexity index is 1220. The first-order valence-electron chi connectivity index (χ1n) is 11.0. The zero-order valence-electron chi connectivity index (χ0n) is 18.5. The molecule has 1 amide bonds. The second-order valence-electron chi connectivity index (χ2n) is 9.04. The molecule has 1 spiro atoms. The maximum Gasteiger partial charge on any atom is 0.409 e.